The molecule has 2 unspecified atom stereocenters. The Morgan fingerprint density at radius 3 is 0.866 bits per heavy atom. The van der Waals surface area contributed by atoms with Crippen molar-refractivity contribution < 1.29 is 24.5 Å². The molecule has 3 N–H and O–H groups in total. The number of nitrogens with one attached hydrogen (secondary N) is 1. The first-order chi connectivity index (χ1) is 40.5. The van der Waals surface area contributed by atoms with Gasteiger partial charge >= 0.3 is 5.97 Å². The van der Waals surface area contributed by atoms with Crippen molar-refractivity contribution in [1.82, 2.24) is 5.32 Å². The van der Waals surface area contributed by atoms with E-state index < -0.39 is 12.1 Å². The molecule has 2 atom stereocenters. The van der Waals surface area contributed by atoms with Crippen LogP contribution in [0.15, 0.2) is 24.3 Å². The van der Waals surface area contributed by atoms with Crippen LogP contribution in [-0.2, 0) is 14.3 Å². The smallest absolute Gasteiger partial charge is 0.305 e. The number of ether oxygens (including phenoxy) is 1. The van der Waals surface area contributed by atoms with Crippen molar-refractivity contribution in [2.24, 2.45) is 0 Å². The second-order valence-corrected chi connectivity index (χ2v) is 26.0. The SMILES string of the molecule is CCCCCCCC/C=C\CCCCCCCCCCCC(=O)OCCCCCCCCCCCCCCCCCCCCCCCCCCCCCCCCCCCCCC(=O)NC(CO)C(O)/C=C/CCCCCCCCCCC. The molecule has 6 heteroatoms. The summed E-state index contributed by atoms with van der Waals surface area (Å²) >= 11 is 0. The summed E-state index contributed by atoms with van der Waals surface area (Å²) in [5.41, 5.74) is 0. The van der Waals surface area contributed by atoms with Gasteiger partial charge in [-0.2, -0.15) is 0 Å². The number of amides is 1. The van der Waals surface area contributed by atoms with Gasteiger partial charge in [0.1, 0.15) is 0 Å². The van der Waals surface area contributed by atoms with Gasteiger partial charge in [0.15, 0.2) is 0 Å². The van der Waals surface area contributed by atoms with Crippen LogP contribution in [0.3, 0.4) is 0 Å². The third kappa shape index (κ3) is 67.5. The lowest BCUT2D eigenvalue weighted by molar-refractivity contribution is -0.143. The Labute approximate surface area is 513 Å². The topological polar surface area (TPSA) is 95.9 Å². The minimum absolute atomic E-state index is 0.0227. The zero-order valence-electron chi connectivity index (χ0n) is 55.8. The molecular formula is C76H147NO5. The van der Waals surface area contributed by atoms with E-state index >= 15 is 0 Å². The molecule has 0 aromatic heterocycles. The Kier molecular flexibility index (Phi) is 70.4. The fourth-order valence-electron chi connectivity index (χ4n) is 12.0. The highest BCUT2D eigenvalue weighted by molar-refractivity contribution is 5.76. The van der Waals surface area contributed by atoms with Crippen molar-refractivity contribution >= 4 is 11.9 Å². The monoisotopic (exact) mass is 1150 g/mol. The van der Waals surface area contributed by atoms with Crippen LogP contribution in [0.5, 0.6) is 0 Å². The fraction of sp³-hybridized carbons (Fsp3) is 0.921. The maximum atomic E-state index is 12.4. The van der Waals surface area contributed by atoms with E-state index in [4.69, 9.17) is 4.74 Å². The minimum Gasteiger partial charge on any atom is -0.466 e. The Balaban J connectivity index is 3.28. The third-order valence-electron chi connectivity index (χ3n) is 17.7. The van der Waals surface area contributed by atoms with Gasteiger partial charge in [-0.25, -0.2) is 0 Å². The van der Waals surface area contributed by atoms with Crippen LogP contribution in [0.2, 0.25) is 0 Å². The van der Waals surface area contributed by atoms with Gasteiger partial charge in [-0.15, -0.1) is 0 Å². The summed E-state index contributed by atoms with van der Waals surface area (Å²) in [5, 5.41) is 23.1. The first-order valence-electron chi connectivity index (χ1n) is 37.6. The van der Waals surface area contributed by atoms with E-state index in [0.717, 1.165) is 38.5 Å². The van der Waals surface area contributed by atoms with Gasteiger partial charge in [0.25, 0.3) is 0 Å². The number of hydrogen-bond donors (Lipinski definition) is 3. The standard InChI is InChI=1S/C76H147NO5/c1-3-5-7-9-11-13-15-16-17-18-36-40-43-46-50-54-58-62-66-70-76(81)82-71-67-63-59-55-51-47-44-41-38-35-33-31-29-27-25-23-21-19-20-22-24-26-28-30-32-34-37-39-42-45-49-53-57-61-65-69-75(80)77-73(72-78)74(79)68-64-60-56-52-48-14-12-10-8-6-4-2/h16-17,64,68,73-74,78-79H,3-15,18-63,65-67,69-72H2,1-2H3,(H,77,80)/b17-16-,68-64+. The largest absolute Gasteiger partial charge is 0.466 e. The average Bonchev–Trinajstić information content (AvgIpc) is 3.48. The molecule has 0 aliphatic heterocycles. The van der Waals surface area contributed by atoms with E-state index in [1.54, 1.807) is 6.08 Å². The first-order valence-corrected chi connectivity index (χ1v) is 37.6. The quantitative estimate of drug-likeness (QED) is 0.0320. The highest BCUT2D eigenvalue weighted by Gasteiger charge is 2.18. The summed E-state index contributed by atoms with van der Waals surface area (Å²) in [7, 11) is 0. The lowest BCUT2D eigenvalue weighted by atomic mass is 10.0. The summed E-state index contributed by atoms with van der Waals surface area (Å²) in [5.74, 6) is -0.0393. The molecule has 0 aromatic rings. The van der Waals surface area contributed by atoms with Gasteiger partial charge in [-0.3, -0.25) is 9.59 Å². The Hall–Kier alpha value is -1.66. The predicted octanol–water partition coefficient (Wildman–Crippen LogP) is 24.5. The number of allylic oxidation sites excluding steroid dienone is 3. The first kappa shape index (κ1) is 80.3. The van der Waals surface area contributed by atoms with Crippen molar-refractivity contribution in [3.63, 3.8) is 0 Å². The average molecular weight is 1160 g/mol. The molecule has 6 nitrogen and oxygen atoms in total. The van der Waals surface area contributed by atoms with Gasteiger partial charge in [-0.1, -0.05) is 378 Å². The van der Waals surface area contributed by atoms with Crippen molar-refractivity contribution in [3.05, 3.63) is 24.3 Å². The molecule has 0 fully saturated rings. The molecular weight excluding hydrogens is 1010 g/mol. The number of esters is 1. The van der Waals surface area contributed by atoms with Crippen LogP contribution in [0.1, 0.15) is 425 Å². The lowest BCUT2D eigenvalue weighted by Crippen LogP contribution is -2.45. The number of aliphatic hydroxyl groups is 2. The van der Waals surface area contributed by atoms with Crippen molar-refractivity contribution in [2.75, 3.05) is 13.2 Å². The molecule has 0 aliphatic rings. The number of carbonyl (C=O) groups is 2. The van der Waals surface area contributed by atoms with Gasteiger partial charge in [0.2, 0.25) is 5.91 Å². The van der Waals surface area contributed by atoms with Crippen molar-refractivity contribution in [3.8, 4) is 0 Å². The molecule has 1 amide bonds. The second kappa shape index (κ2) is 71.8. The van der Waals surface area contributed by atoms with Crippen LogP contribution in [-0.4, -0.2) is 47.4 Å². The molecule has 0 rings (SSSR count). The maximum Gasteiger partial charge on any atom is 0.305 e. The summed E-state index contributed by atoms with van der Waals surface area (Å²) in [6.07, 6.45) is 91.6. The van der Waals surface area contributed by atoms with Crippen molar-refractivity contribution in [1.29, 1.82) is 0 Å². The zero-order chi connectivity index (χ0) is 59.2. The number of carbonyl (C=O) groups excluding carboxylic acids is 2. The summed E-state index contributed by atoms with van der Waals surface area (Å²) < 4.78 is 5.52. The zero-order valence-corrected chi connectivity index (χ0v) is 55.8. The van der Waals surface area contributed by atoms with Crippen LogP contribution in [0.4, 0.5) is 0 Å². The number of aliphatic hydroxyl groups excluding tert-OH is 2. The van der Waals surface area contributed by atoms with E-state index in [0.29, 0.717) is 19.4 Å². The van der Waals surface area contributed by atoms with E-state index in [9.17, 15) is 19.8 Å². The number of unbranched alkanes of at least 4 members (excludes halogenated alkanes) is 58. The molecule has 82 heavy (non-hydrogen) atoms. The Morgan fingerprint density at radius 2 is 0.573 bits per heavy atom. The lowest BCUT2D eigenvalue weighted by Gasteiger charge is -2.20. The molecule has 0 bridgehead atoms. The molecule has 0 aliphatic carbocycles. The van der Waals surface area contributed by atoms with E-state index in [2.05, 4.69) is 31.3 Å². The predicted molar refractivity (Wildman–Crippen MR) is 361 cm³/mol. The van der Waals surface area contributed by atoms with Crippen LogP contribution in [0, 0.1) is 0 Å². The third-order valence-corrected chi connectivity index (χ3v) is 17.7. The number of hydrogen-bond acceptors (Lipinski definition) is 5. The molecule has 0 aromatic carbocycles. The maximum absolute atomic E-state index is 12.4. The van der Waals surface area contributed by atoms with Gasteiger partial charge < -0.3 is 20.3 Å². The molecule has 0 saturated heterocycles. The van der Waals surface area contributed by atoms with Crippen LogP contribution in [0.25, 0.3) is 0 Å². The van der Waals surface area contributed by atoms with E-state index in [1.807, 2.05) is 6.08 Å². The molecule has 0 spiro atoms. The second-order valence-electron chi connectivity index (χ2n) is 26.0. The van der Waals surface area contributed by atoms with E-state index in [1.165, 1.54) is 360 Å². The van der Waals surface area contributed by atoms with Gasteiger partial charge in [0.05, 0.1) is 25.4 Å². The number of rotatable bonds is 71. The fourth-order valence-corrected chi connectivity index (χ4v) is 12.0. The molecule has 0 saturated carbocycles. The highest BCUT2D eigenvalue weighted by Crippen LogP contribution is 2.19. The summed E-state index contributed by atoms with van der Waals surface area (Å²) in [4.78, 5) is 24.6. The van der Waals surface area contributed by atoms with Gasteiger partial charge in [0, 0.05) is 12.8 Å². The molecule has 0 heterocycles. The normalized spacial score (nSPS) is 12.6. The Bertz CT molecular complexity index is 1280. The minimum atomic E-state index is -0.839. The van der Waals surface area contributed by atoms with Crippen LogP contribution >= 0.6 is 0 Å². The Morgan fingerprint density at radius 1 is 0.329 bits per heavy atom. The molecule has 486 valence electrons. The summed E-state index contributed by atoms with van der Waals surface area (Å²) in [6, 6.07) is -0.622. The van der Waals surface area contributed by atoms with Crippen LogP contribution < -0.4 is 5.32 Å². The van der Waals surface area contributed by atoms with Gasteiger partial charge in [-0.05, 0) is 57.8 Å². The van der Waals surface area contributed by atoms with E-state index in [-0.39, 0.29) is 18.5 Å². The molecule has 0 radical (unpaired) electrons. The summed E-state index contributed by atoms with van der Waals surface area (Å²) in [6.45, 7) is 4.92. The highest BCUT2D eigenvalue weighted by atomic mass is 16.5. The van der Waals surface area contributed by atoms with Crippen molar-refractivity contribution in [2.45, 2.75) is 437 Å².